The third-order valence-electron chi connectivity index (χ3n) is 1.75. The predicted octanol–water partition coefficient (Wildman–Crippen LogP) is 2.80. The number of rotatable bonds is 1. The molecular weight excluding hydrogens is 220 g/mol. The molecule has 0 radical (unpaired) electrons. The second-order valence-electron chi connectivity index (χ2n) is 4.04. The average Bonchev–Trinajstić information content (AvgIpc) is 2.47. The number of carbonyl (C=O) groups excluding carboxylic acids is 1. The second-order valence-corrected chi connectivity index (χ2v) is 4.42. The van der Waals surface area contributed by atoms with Crippen LogP contribution in [0.1, 0.15) is 26.5 Å². The fourth-order valence-electron chi connectivity index (χ4n) is 0.967. The van der Waals surface area contributed by atoms with Crippen molar-refractivity contribution in [2.24, 2.45) is 0 Å². The Hall–Kier alpha value is -1.23. The first kappa shape index (κ1) is 11.8. The Labute approximate surface area is 92.7 Å². The van der Waals surface area contributed by atoms with Crippen LogP contribution in [0.5, 0.6) is 0 Å². The number of ether oxygens (including phenoxy) is 1. The Kier molecular flexibility index (Phi) is 3.24. The first-order valence-electron chi connectivity index (χ1n) is 4.37. The SMILES string of the molecule is COC(=O)Nc1onc(C(C)(C)C)c1Cl. The van der Waals surface area contributed by atoms with Crippen molar-refractivity contribution in [3.8, 4) is 0 Å². The molecule has 0 spiro atoms. The summed E-state index contributed by atoms with van der Waals surface area (Å²) in [6.45, 7) is 5.83. The zero-order valence-corrected chi connectivity index (χ0v) is 9.81. The highest BCUT2D eigenvalue weighted by Crippen LogP contribution is 2.33. The summed E-state index contributed by atoms with van der Waals surface area (Å²) >= 11 is 5.98. The molecular formula is C9H13ClN2O3. The predicted molar refractivity (Wildman–Crippen MR) is 56.2 cm³/mol. The van der Waals surface area contributed by atoms with Crippen LogP contribution >= 0.6 is 11.6 Å². The maximum atomic E-state index is 10.9. The van der Waals surface area contributed by atoms with E-state index < -0.39 is 6.09 Å². The molecule has 0 unspecified atom stereocenters. The van der Waals surface area contributed by atoms with Gasteiger partial charge in [-0.3, -0.25) is 5.32 Å². The van der Waals surface area contributed by atoms with Crippen molar-refractivity contribution in [1.29, 1.82) is 0 Å². The van der Waals surface area contributed by atoms with Crippen molar-refractivity contribution in [2.75, 3.05) is 12.4 Å². The van der Waals surface area contributed by atoms with Gasteiger partial charge in [0.1, 0.15) is 10.7 Å². The Morgan fingerprint density at radius 1 is 1.53 bits per heavy atom. The lowest BCUT2D eigenvalue weighted by Gasteiger charge is -2.13. The topological polar surface area (TPSA) is 64.4 Å². The van der Waals surface area contributed by atoms with Crippen LogP contribution in [0.15, 0.2) is 4.52 Å². The number of amides is 1. The van der Waals surface area contributed by atoms with Crippen LogP contribution in [-0.4, -0.2) is 18.4 Å². The number of hydrogen-bond acceptors (Lipinski definition) is 4. The Morgan fingerprint density at radius 3 is 2.53 bits per heavy atom. The monoisotopic (exact) mass is 232 g/mol. The van der Waals surface area contributed by atoms with Gasteiger partial charge in [0, 0.05) is 5.41 Å². The molecule has 0 saturated carbocycles. The van der Waals surface area contributed by atoms with Crippen LogP contribution in [0.2, 0.25) is 5.02 Å². The van der Waals surface area contributed by atoms with E-state index >= 15 is 0 Å². The smallest absolute Gasteiger partial charge is 0.413 e. The van der Waals surface area contributed by atoms with Gasteiger partial charge in [-0.05, 0) is 0 Å². The second kappa shape index (κ2) is 4.10. The highest BCUT2D eigenvalue weighted by molar-refractivity contribution is 6.33. The largest absolute Gasteiger partial charge is 0.453 e. The Balaban J connectivity index is 2.95. The van der Waals surface area contributed by atoms with Crippen LogP contribution in [0.3, 0.4) is 0 Å². The molecule has 0 aliphatic heterocycles. The van der Waals surface area contributed by atoms with Gasteiger partial charge >= 0.3 is 6.09 Å². The summed E-state index contributed by atoms with van der Waals surface area (Å²) in [5.74, 6) is 0.105. The minimum absolute atomic E-state index is 0.105. The van der Waals surface area contributed by atoms with Crippen molar-refractivity contribution in [2.45, 2.75) is 26.2 Å². The molecule has 0 saturated heterocycles. The van der Waals surface area contributed by atoms with Crippen LogP contribution in [0.25, 0.3) is 0 Å². The number of anilines is 1. The van der Waals surface area contributed by atoms with Gasteiger partial charge in [-0.25, -0.2) is 4.79 Å². The van der Waals surface area contributed by atoms with Crippen molar-refractivity contribution in [3.05, 3.63) is 10.7 Å². The lowest BCUT2D eigenvalue weighted by atomic mass is 9.92. The van der Waals surface area contributed by atoms with E-state index in [-0.39, 0.29) is 11.3 Å². The first-order valence-corrected chi connectivity index (χ1v) is 4.74. The minimum Gasteiger partial charge on any atom is -0.453 e. The van der Waals surface area contributed by atoms with E-state index in [1.807, 2.05) is 20.8 Å². The highest BCUT2D eigenvalue weighted by atomic mass is 35.5. The van der Waals surface area contributed by atoms with E-state index in [2.05, 4.69) is 15.2 Å². The molecule has 15 heavy (non-hydrogen) atoms. The number of nitrogens with one attached hydrogen (secondary N) is 1. The standard InChI is InChI=1S/C9H13ClN2O3/c1-9(2,3)6-5(10)7(15-12-6)11-8(13)14-4/h1-4H3,(H,11,13). The lowest BCUT2D eigenvalue weighted by molar-refractivity contribution is 0.186. The maximum absolute atomic E-state index is 10.9. The van der Waals surface area contributed by atoms with Crippen LogP contribution in [0.4, 0.5) is 10.7 Å². The van der Waals surface area contributed by atoms with E-state index in [9.17, 15) is 4.79 Å². The molecule has 0 aliphatic carbocycles. The Bertz CT molecular complexity index is 368. The van der Waals surface area contributed by atoms with Gasteiger partial charge in [0.05, 0.1) is 7.11 Å². The van der Waals surface area contributed by atoms with Crippen molar-refractivity contribution in [3.63, 3.8) is 0 Å². The minimum atomic E-state index is -0.645. The van der Waals surface area contributed by atoms with Gasteiger partial charge in [0.25, 0.3) is 5.88 Å². The number of hydrogen-bond donors (Lipinski definition) is 1. The van der Waals surface area contributed by atoms with Crippen LogP contribution in [-0.2, 0) is 10.2 Å². The molecule has 1 amide bonds. The van der Waals surface area contributed by atoms with Gasteiger partial charge in [-0.1, -0.05) is 37.5 Å². The van der Waals surface area contributed by atoms with Crippen molar-refractivity contribution >= 4 is 23.6 Å². The zero-order chi connectivity index (χ0) is 11.6. The summed E-state index contributed by atoms with van der Waals surface area (Å²) in [7, 11) is 1.25. The van der Waals surface area contributed by atoms with E-state index in [1.165, 1.54) is 7.11 Å². The number of methoxy groups -OCH3 is 1. The van der Waals surface area contributed by atoms with Gasteiger partial charge in [-0.2, -0.15) is 0 Å². The van der Waals surface area contributed by atoms with E-state index in [4.69, 9.17) is 16.1 Å². The number of nitrogens with zero attached hydrogens (tertiary/aromatic N) is 1. The molecule has 0 aromatic carbocycles. The fourth-order valence-corrected chi connectivity index (χ4v) is 1.37. The molecule has 84 valence electrons. The third-order valence-corrected chi connectivity index (χ3v) is 2.10. The number of halogens is 1. The van der Waals surface area contributed by atoms with Crippen molar-refractivity contribution in [1.82, 2.24) is 5.16 Å². The fraction of sp³-hybridized carbons (Fsp3) is 0.556. The quantitative estimate of drug-likeness (QED) is 0.809. The molecule has 5 nitrogen and oxygen atoms in total. The van der Waals surface area contributed by atoms with Crippen LogP contribution < -0.4 is 5.32 Å². The van der Waals surface area contributed by atoms with Gasteiger partial charge in [-0.15, -0.1) is 0 Å². The molecule has 1 aromatic rings. The summed E-state index contributed by atoms with van der Waals surface area (Å²) in [5, 5.41) is 6.43. The third kappa shape index (κ3) is 2.62. The molecule has 0 aliphatic rings. The molecule has 1 heterocycles. The number of aromatic nitrogens is 1. The first-order chi connectivity index (χ1) is 6.86. The molecule has 0 atom stereocenters. The molecule has 1 rings (SSSR count). The van der Waals surface area contributed by atoms with Gasteiger partial charge < -0.3 is 9.26 Å². The molecule has 1 aromatic heterocycles. The number of carbonyl (C=O) groups is 1. The molecule has 6 heteroatoms. The molecule has 1 N–H and O–H groups in total. The highest BCUT2D eigenvalue weighted by Gasteiger charge is 2.25. The van der Waals surface area contributed by atoms with Gasteiger partial charge in [0.2, 0.25) is 0 Å². The van der Waals surface area contributed by atoms with E-state index in [0.717, 1.165) is 0 Å². The molecule has 0 fully saturated rings. The average molecular weight is 233 g/mol. The normalized spacial score (nSPS) is 11.3. The summed E-state index contributed by atoms with van der Waals surface area (Å²) < 4.78 is 9.31. The Morgan fingerprint density at radius 2 is 2.13 bits per heavy atom. The van der Waals surface area contributed by atoms with E-state index in [1.54, 1.807) is 0 Å². The van der Waals surface area contributed by atoms with Crippen LogP contribution in [0, 0.1) is 0 Å². The summed E-state index contributed by atoms with van der Waals surface area (Å²) in [5.41, 5.74) is 0.354. The summed E-state index contributed by atoms with van der Waals surface area (Å²) in [6.07, 6.45) is -0.645. The summed E-state index contributed by atoms with van der Waals surface area (Å²) in [6, 6.07) is 0. The maximum Gasteiger partial charge on any atom is 0.413 e. The molecule has 0 bridgehead atoms. The van der Waals surface area contributed by atoms with Gasteiger partial charge in [0.15, 0.2) is 0 Å². The lowest BCUT2D eigenvalue weighted by Crippen LogP contribution is -2.13. The zero-order valence-electron chi connectivity index (χ0n) is 9.05. The summed E-state index contributed by atoms with van der Waals surface area (Å²) in [4.78, 5) is 10.9. The van der Waals surface area contributed by atoms with E-state index in [0.29, 0.717) is 10.7 Å². The van der Waals surface area contributed by atoms with Crippen molar-refractivity contribution < 1.29 is 14.1 Å².